The van der Waals surface area contributed by atoms with Crippen LogP contribution in [0.3, 0.4) is 0 Å². The summed E-state index contributed by atoms with van der Waals surface area (Å²) >= 11 is 3.38. The van der Waals surface area contributed by atoms with E-state index >= 15 is 0 Å². The summed E-state index contributed by atoms with van der Waals surface area (Å²) in [4.78, 5) is 11.9. The average molecular weight is 312 g/mol. The van der Waals surface area contributed by atoms with E-state index in [2.05, 4.69) is 21.2 Å². The fraction of sp³-hybridized carbons (Fsp3) is 0.500. The molecule has 1 aliphatic rings. The maximum absolute atomic E-state index is 11.9. The van der Waals surface area contributed by atoms with Crippen LogP contribution in [0.4, 0.5) is 0 Å². The molecule has 0 aromatic heterocycles. The first-order valence-electron chi connectivity index (χ1n) is 6.30. The van der Waals surface area contributed by atoms with Crippen LogP contribution in [0.2, 0.25) is 0 Å². The summed E-state index contributed by atoms with van der Waals surface area (Å²) in [5.74, 6) is 0.392. The quantitative estimate of drug-likeness (QED) is 0.839. The van der Waals surface area contributed by atoms with E-state index in [-0.39, 0.29) is 12.0 Å². The predicted octanol–water partition coefficient (Wildman–Crippen LogP) is 2.47. The van der Waals surface area contributed by atoms with E-state index in [1.807, 2.05) is 24.3 Å². The van der Waals surface area contributed by atoms with E-state index in [0.29, 0.717) is 18.0 Å². The number of carbonyl (C=O) groups excluding carboxylic acids is 1. The molecule has 0 radical (unpaired) electrons. The Kier molecular flexibility index (Phi) is 4.78. The molecule has 2 atom stereocenters. The van der Waals surface area contributed by atoms with Crippen molar-refractivity contribution in [3.05, 3.63) is 35.4 Å². The second-order valence-electron chi connectivity index (χ2n) is 4.87. The number of aliphatic hydroxyl groups excluding tert-OH is 1. The van der Waals surface area contributed by atoms with Gasteiger partial charge < -0.3 is 10.4 Å². The van der Waals surface area contributed by atoms with Crippen molar-refractivity contribution in [3.63, 3.8) is 0 Å². The van der Waals surface area contributed by atoms with Crippen LogP contribution in [0.1, 0.15) is 35.2 Å². The van der Waals surface area contributed by atoms with Gasteiger partial charge in [0.2, 0.25) is 0 Å². The number of rotatable bonds is 4. The Balaban J connectivity index is 1.83. The standard InChI is InChI=1S/C14H18BrNO2/c15-8-10-1-4-12(5-2-10)14(18)16-9-11-3-6-13(17)7-11/h1-2,4-5,11,13,17H,3,6-9H2,(H,16,18). The maximum Gasteiger partial charge on any atom is 0.251 e. The van der Waals surface area contributed by atoms with E-state index in [1.54, 1.807) is 0 Å². The number of carbonyl (C=O) groups is 1. The first-order valence-corrected chi connectivity index (χ1v) is 7.42. The summed E-state index contributed by atoms with van der Waals surface area (Å²) in [7, 11) is 0. The molecule has 98 valence electrons. The Morgan fingerprint density at radius 1 is 1.33 bits per heavy atom. The van der Waals surface area contributed by atoms with Crippen LogP contribution in [0.25, 0.3) is 0 Å². The fourth-order valence-corrected chi connectivity index (χ4v) is 2.69. The number of amides is 1. The lowest BCUT2D eigenvalue weighted by atomic mass is 10.1. The summed E-state index contributed by atoms with van der Waals surface area (Å²) in [5, 5.41) is 13.2. The van der Waals surface area contributed by atoms with E-state index < -0.39 is 0 Å². The van der Waals surface area contributed by atoms with Crippen molar-refractivity contribution < 1.29 is 9.90 Å². The van der Waals surface area contributed by atoms with Gasteiger partial charge in [-0.2, -0.15) is 0 Å². The summed E-state index contributed by atoms with van der Waals surface area (Å²) in [6.07, 6.45) is 2.50. The van der Waals surface area contributed by atoms with Gasteiger partial charge in [0.1, 0.15) is 0 Å². The molecule has 0 heterocycles. The number of hydrogen-bond acceptors (Lipinski definition) is 2. The minimum Gasteiger partial charge on any atom is -0.393 e. The van der Waals surface area contributed by atoms with Gasteiger partial charge in [-0.25, -0.2) is 0 Å². The molecule has 2 N–H and O–H groups in total. The van der Waals surface area contributed by atoms with Crippen molar-refractivity contribution in [2.45, 2.75) is 30.7 Å². The first-order chi connectivity index (χ1) is 8.69. The van der Waals surface area contributed by atoms with Gasteiger partial charge in [-0.05, 0) is 42.9 Å². The topological polar surface area (TPSA) is 49.3 Å². The smallest absolute Gasteiger partial charge is 0.251 e. The molecule has 1 saturated carbocycles. The average Bonchev–Trinajstić information content (AvgIpc) is 2.82. The molecule has 0 saturated heterocycles. The molecule has 2 unspecified atom stereocenters. The van der Waals surface area contributed by atoms with Crippen LogP contribution in [-0.2, 0) is 5.33 Å². The zero-order chi connectivity index (χ0) is 13.0. The molecule has 1 aliphatic carbocycles. The van der Waals surface area contributed by atoms with E-state index in [9.17, 15) is 9.90 Å². The lowest BCUT2D eigenvalue weighted by Crippen LogP contribution is -2.28. The lowest BCUT2D eigenvalue weighted by Gasteiger charge is -2.11. The minimum absolute atomic E-state index is 0.0301. The number of alkyl halides is 1. The Morgan fingerprint density at radius 2 is 2.06 bits per heavy atom. The molecule has 3 nitrogen and oxygen atoms in total. The summed E-state index contributed by atoms with van der Waals surface area (Å²) in [6, 6.07) is 7.58. The molecule has 0 aliphatic heterocycles. The highest BCUT2D eigenvalue weighted by molar-refractivity contribution is 9.08. The Hall–Kier alpha value is -0.870. The lowest BCUT2D eigenvalue weighted by molar-refractivity contribution is 0.0945. The number of nitrogens with one attached hydrogen (secondary N) is 1. The van der Waals surface area contributed by atoms with E-state index in [1.165, 1.54) is 0 Å². The monoisotopic (exact) mass is 311 g/mol. The minimum atomic E-state index is -0.176. The molecular weight excluding hydrogens is 294 g/mol. The van der Waals surface area contributed by atoms with E-state index in [4.69, 9.17) is 0 Å². The van der Waals surface area contributed by atoms with Crippen LogP contribution in [0, 0.1) is 5.92 Å². The van der Waals surface area contributed by atoms with E-state index in [0.717, 1.165) is 30.2 Å². The van der Waals surface area contributed by atoms with Crippen molar-refractivity contribution in [2.75, 3.05) is 6.54 Å². The zero-order valence-corrected chi connectivity index (χ0v) is 11.8. The van der Waals surface area contributed by atoms with Gasteiger partial charge in [0, 0.05) is 17.4 Å². The van der Waals surface area contributed by atoms with Gasteiger partial charge in [0.15, 0.2) is 0 Å². The van der Waals surface area contributed by atoms with Crippen molar-refractivity contribution in [1.29, 1.82) is 0 Å². The SMILES string of the molecule is O=C(NCC1CCC(O)C1)c1ccc(CBr)cc1. The van der Waals surface area contributed by atoms with Crippen molar-refractivity contribution in [2.24, 2.45) is 5.92 Å². The molecule has 1 fully saturated rings. The third-order valence-corrected chi connectivity index (χ3v) is 4.08. The van der Waals surface area contributed by atoms with Gasteiger partial charge in [-0.1, -0.05) is 28.1 Å². The molecule has 1 aromatic carbocycles. The van der Waals surface area contributed by atoms with Crippen molar-refractivity contribution in [3.8, 4) is 0 Å². The Labute approximate surface area is 116 Å². The summed E-state index contributed by atoms with van der Waals surface area (Å²) in [5.41, 5.74) is 1.85. The number of aliphatic hydroxyl groups is 1. The van der Waals surface area contributed by atoms with Crippen LogP contribution in [-0.4, -0.2) is 23.7 Å². The first kappa shape index (κ1) is 13.6. The molecule has 18 heavy (non-hydrogen) atoms. The number of benzene rings is 1. The molecule has 4 heteroatoms. The second-order valence-corrected chi connectivity index (χ2v) is 5.43. The van der Waals surface area contributed by atoms with Gasteiger partial charge in [0.05, 0.1) is 6.10 Å². The predicted molar refractivity (Wildman–Crippen MR) is 74.8 cm³/mol. The fourth-order valence-electron chi connectivity index (χ4n) is 2.32. The highest BCUT2D eigenvalue weighted by Gasteiger charge is 2.22. The zero-order valence-electron chi connectivity index (χ0n) is 10.2. The molecule has 0 bridgehead atoms. The Morgan fingerprint density at radius 3 is 2.61 bits per heavy atom. The van der Waals surface area contributed by atoms with Crippen LogP contribution >= 0.6 is 15.9 Å². The van der Waals surface area contributed by atoms with Crippen LogP contribution < -0.4 is 5.32 Å². The third-order valence-electron chi connectivity index (χ3n) is 3.44. The molecule has 1 amide bonds. The Bertz CT molecular complexity index is 405. The number of hydrogen-bond donors (Lipinski definition) is 2. The molecule has 2 rings (SSSR count). The van der Waals surface area contributed by atoms with Gasteiger partial charge in [-0.15, -0.1) is 0 Å². The second kappa shape index (κ2) is 6.34. The normalized spacial score (nSPS) is 23.0. The summed E-state index contributed by atoms with van der Waals surface area (Å²) in [6.45, 7) is 0.663. The molecule has 0 spiro atoms. The van der Waals surface area contributed by atoms with Crippen molar-refractivity contribution >= 4 is 21.8 Å². The van der Waals surface area contributed by atoms with Crippen LogP contribution in [0.5, 0.6) is 0 Å². The van der Waals surface area contributed by atoms with Crippen LogP contribution in [0.15, 0.2) is 24.3 Å². The highest BCUT2D eigenvalue weighted by Crippen LogP contribution is 2.24. The largest absolute Gasteiger partial charge is 0.393 e. The number of halogens is 1. The van der Waals surface area contributed by atoms with Gasteiger partial charge >= 0.3 is 0 Å². The third kappa shape index (κ3) is 3.56. The van der Waals surface area contributed by atoms with Gasteiger partial charge in [0.25, 0.3) is 5.91 Å². The molecule has 1 aromatic rings. The summed E-state index contributed by atoms with van der Waals surface area (Å²) < 4.78 is 0. The van der Waals surface area contributed by atoms with Crippen molar-refractivity contribution in [1.82, 2.24) is 5.32 Å². The highest BCUT2D eigenvalue weighted by atomic mass is 79.9. The van der Waals surface area contributed by atoms with Gasteiger partial charge in [-0.3, -0.25) is 4.79 Å². The molecular formula is C14H18BrNO2. The maximum atomic E-state index is 11.9.